The molecule has 0 amide bonds. The SMILES string of the molecule is CC(O)C1CCN(Cc2cccc3c2OCCCO3)C1. The average molecular weight is 277 g/mol. The van der Waals surface area contributed by atoms with Crippen molar-refractivity contribution in [2.45, 2.75) is 32.4 Å². The van der Waals surface area contributed by atoms with Crippen molar-refractivity contribution in [1.29, 1.82) is 0 Å². The molecule has 1 fully saturated rings. The minimum atomic E-state index is -0.215. The number of aliphatic hydroxyl groups excluding tert-OH is 1. The van der Waals surface area contributed by atoms with Crippen LogP contribution in [-0.4, -0.2) is 42.4 Å². The second-order valence-electron chi connectivity index (χ2n) is 5.82. The first-order chi connectivity index (χ1) is 9.74. The molecule has 110 valence electrons. The van der Waals surface area contributed by atoms with Gasteiger partial charge in [-0.25, -0.2) is 0 Å². The molecule has 4 heteroatoms. The van der Waals surface area contributed by atoms with Gasteiger partial charge in [0.05, 0.1) is 19.3 Å². The Bertz CT molecular complexity index is 461. The van der Waals surface area contributed by atoms with E-state index in [4.69, 9.17) is 9.47 Å². The number of para-hydroxylation sites is 1. The van der Waals surface area contributed by atoms with E-state index in [0.717, 1.165) is 57.2 Å². The summed E-state index contributed by atoms with van der Waals surface area (Å²) >= 11 is 0. The minimum Gasteiger partial charge on any atom is -0.490 e. The molecule has 4 nitrogen and oxygen atoms in total. The van der Waals surface area contributed by atoms with Crippen LogP contribution in [0.25, 0.3) is 0 Å². The Balaban J connectivity index is 1.72. The van der Waals surface area contributed by atoms with E-state index in [1.54, 1.807) is 0 Å². The third-order valence-electron chi connectivity index (χ3n) is 4.24. The predicted octanol–water partition coefficient (Wildman–Crippen LogP) is 2.05. The van der Waals surface area contributed by atoms with Crippen molar-refractivity contribution in [1.82, 2.24) is 4.90 Å². The second-order valence-corrected chi connectivity index (χ2v) is 5.82. The number of ether oxygens (including phenoxy) is 2. The van der Waals surface area contributed by atoms with Crippen LogP contribution in [0.3, 0.4) is 0 Å². The summed E-state index contributed by atoms with van der Waals surface area (Å²) in [6, 6.07) is 6.13. The van der Waals surface area contributed by atoms with Crippen molar-refractivity contribution in [3.8, 4) is 11.5 Å². The number of hydrogen-bond acceptors (Lipinski definition) is 4. The van der Waals surface area contributed by atoms with Gasteiger partial charge in [-0.1, -0.05) is 12.1 Å². The summed E-state index contributed by atoms with van der Waals surface area (Å²) in [5, 5.41) is 9.69. The standard InChI is InChI=1S/C16H23NO3/c1-12(18)13-6-7-17(10-13)11-14-4-2-5-15-16(14)20-9-3-8-19-15/h2,4-5,12-13,18H,3,6-11H2,1H3. The maximum Gasteiger partial charge on any atom is 0.165 e. The van der Waals surface area contributed by atoms with Crippen LogP contribution < -0.4 is 9.47 Å². The van der Waals surface area contributed by atoms with Gasteiger partial charge in [0.2, 0.25) is 0 Å². The quantitative estimate of drug-likeness (QED) is 0.918. The molecule has 0 radical (unpaired) electrons. The molecule has 0 aromatic heterocycles. The summed E-state index contributed by atoms with van der Waals surface area (Å²) in [5.74, 6) is 2.17. The van der Waals surface area contributed by atoms with Gasteiger partial charge in [-0.05, 0) is 31.9 Å². The third-order valence-corrected chi connectivity index (χ3v) is 4.24. The van der Waals surface area contributed by atoms with Crippen molar-refractivity contribution in [2.24, 2.45) is 5.92 Å². The highest BCUT2D eigenvalue weighted by molar-refractivity contribution is 5.47. The molecular weight excluding hydrogens is 254 g/mol. The lowest BCUT2D eigenvalue weighted by Crippen LogP contribution is -2.24. The van der Waals surface area contributed by atoms with Crippen LogP contribution in [0, 0.1) is 5.92 Å². The van der Waals surface area contributed by atoms with E-state index < -0.39 is 0 Å². The van der Waals surface area contributed by atoms with Crippen molar-refractivity contribution in [2.75, 3.05) is 26.3 Å². The van der Waals surface area contributed by atoms with Gasteiger partial charge in [-0.3, -0.25) is 4.90 Å². The highest BCUT2D eigenvalue weighted by Crippen LogP contribution is 2.34. The molecule has 1 saturated heterocycles. The normalized spacial score (nSPS) is 24.4. The molecule has 0 saturated carbocycles. The summed E-state index contributed by atoms with van der Waals surface area (Å²) in [5.41, 5.74) is 1.19. The fourth-order valence-electron chi connectivity index (χ4n) is 3.02. The number of nitrogens with zero attached hydrogens (tertiary/aromatic N) is 1. The second kappa shape index (κ2) is 6.02. The summed E-state index contributed by atoms with van der Waals surface area (Å²) in [7, 11) is 0. The number of hydrogen-bond donors (Lipinski definition) is 1. The van der Waals surface area contributed by atoms with Crippen LogP contribution in [0.5, 0.6) is 11.5 Å². The summed E-state index contributed by atoms with van der Waals surface area (Å²) < 4.78 is 11.6. The molecule has 3 rings (SSSR count). The van der Waals surface area contributed by atoms with Gasteiger partial charge in [0.15, 0.2) is 11.5 Å². The van der Waals surface area contributed by atoms with Gasteiger partial charge in [0.1, 0.15) is 0 Å². The van der Waals surface area contributed by atoms with E-state index in [9.17, 15) is 5.11 Å². The van der Waals surface area contributed by atoms with E-state index in [1.165, 1.54) is 5.56 Å². The Hall–Kier alpha value is -1.26. The smallest absolute Gasteiger partial charge is 0.165 e. The van der Waals surface area contributed by atoms with E-state index in [-0.39, 0.29) is 6.10 Å². The van der Waals surface area contributed by atoms with Crippen LogP contribution in [0.4, 0.5) is 0 Å². The fraction of sp³-hybridized carbons (Fsp3) is 0.625. The van der Waals surface area contributed by atoms with Gasteiger partial charge in [0.25, 0.3) is 0 Å². The van der Waals surface area contributed by atoms with Crippen molar-refractivity contribution < 1.29 is 14.6 Å². The van der Waals surface area contributed by atoms with Gasteiger partial charge < -0.3 is 14.6 Å². The zero-order valence-electron chi connectivity index (χ0n) is 12.0. The summed E-state index contributed by atoms with van der Waals surface area (Å²) in [6.07, 6.45) is 1.79. The van der Waals surface area contributed by atoms with E-state index in [2.05, 4.69) is 11.0 Å². The highest BCUT2D eigenvalue weighted by Gasteiger charge is 2.27. The predicted molar refractivity (Wildman–Crippen MR) is 77.1 cm³/mol. The highest BCUT2D eigenvalue weighted by atomic mass is 16.5. The molecular formula is C16H23NO3. The van der Waals surface area contributed by atoms with Gasteiger partial charge in [-0.15, -0.1) is 0 Å². The number of benzene rings is 1. The molecule has 0 aliphatic carbocycles. The average Bonchev–Trinajstić information content (AvgIpc) is 2.76. The number of rotatable bonds is 3. The maximum absolute atomic E-state index is 9.69. The summed E-state index contributed by atoms with van der Waals surface area (Å²) in [6.45, 7) is 6.21. The Morgan fingerprint density at radius 2 is 2.20 bits per heavy atom. The van der Waals surface area contributed by atoms with Crippen molar-refractivity contribution in [3.05, 3.63) is 23.8 Å². The number of aliphatic hydroxyl groups is 1. The molecule has 1 aromatic carbocycles. The maximum atomic E-state index is 9.69. The van der Waals surface area contributed by atoms with Gasteiger partial charge in [0, 0.05) is 25.1 Å². The third kappa shape index (κ3) is 2.91. The molecule has 0 spiro atoms. The lowest BCUT2D eigenvalue weighted by molar-refractivity contribution is 0.127. The van der Waals surface area contributed by atoms with Crippen LogP contribution >= 0.6 is 0 Å². The van der Waals surface area contributed by atoms with E-state index >= 15 is 0 Å². The topological polar surface area (TPSA) is 41.9 Å². The lowest BCUT2D eigenvalue weighted by Gasteiger charge is -2.19. The van der Waals surface area contributed by atoms with Crippen LogP contribution in [0.1, 0.15) is 25.3 Å². The Morgan fingerprint density at radius 3 is 3.00 bits per heavy atom. The molecule has 2 aliphatic heterocycles. The van der Waals surface area contributed by atoms with Gasteiger partial charge in [-0.2, -0.15) is 0 Å². The molecule has 1 aromatic rings. The molecule has 2 unspecified atom stereocenters. The van der Waals surface area contributed by atoms with Crippen LogP contribution in [-0.2, 0) is 6.54 Å². The molecule has 1 N–H and O–H groups in total. The first-order valence-corrected chi connectivity index (χ1v) is 7.52. The fourth-order valence-corrected chi connectivity index (χ4v) is 3.02. The lowest BCUT2D eigenvalue weighted by atomic mass is 10.0. The van der Waals surface area contributed by atoms with Crippen molar-refractivity contribution in [3.63, 3.8) is 0 Å². The Labute approximate surface area is 120 Å². The van der Waals surface area contributed by atoms with E-state index in [0.29, 0.717) is 5.92 Å². The number of fused-ring (bicyclic) bond motifs is 1. The minimum absolute atomic E-state index is 0.215. The van der Waals surface area contributed by atoms with Crippen molar-refractivity contribution >= 4 is 0 Å². The van der Waals surface area contributed by atoms with Crippen LogP contribution in [0.2, 0.25) is 0 Å². The largest absolute Gasteiger partial charge is 0.490 e. The zero-order valence-corrected chi connectivity index (χ0v) is 12.0. The number of likely N-dealkylation sites (tertiary alicyclic amines) is 1. The first-order valence-electron chi connectivity index (χ1n) is 7.52. The van der Waals surface area contributed by atoms with Crippen LogP contribution in [0.15, 0.2) is 18.2 Å². The monoisotopic (exact) mass is 277 g/mol. The molecule has 2 atom stereocenters. The summed E-state index contributed by atoms with van der Waals surface area (Å²) in [4.78, 5) is 2.39. The Kier molecular flexibility index (Phi) is 4.13. The van der Waals surface area contributed by atoms with E-state index in [1.807, 2.05) is 19.1 Å². The van der Waals surface area contributed by atoms with Gasteiger partial charge >= 0.3 is 0 Å². The molecule has 0 bridgehead atoms. The Morgan fingerprint density at radius 1 is 1.35 bits per heavy atom. The molecule has 2 aliphatic rings. The molecule has 2 heterocycles. The molecule has 20 heavy (non-hydrogen) atoms. The zero-order chi connectivity index (χ0) is 13.9. The first kappa shape index (κ1) is 13.7.